The van der Waals surface area contributed by atoms with Gasteiger partial charge in [-0.2, -0.15) is 4.31 Å². The summed E-state index contributed by atoms with van der Waals surface area (Å²) in [6.07, 6.45) is 3.77. The molecule has 0 radical (unpaired) electrons. The third-order valence-electron chi connectivity index (χ3n) is 4.50. The van der Waals surface area contributed by atoms with Gasteiger partial charge in [0.2, 0.25) is 10.0 Å². The number of sulfonamides is 1. The molecule has 2 aromatic carbocycles. The molecule has 1 N–H and O–H groups in total. The van der Waals surface area contributed by atoms with E-state index in [1.807, 2.05) is 0 Å². The molecule has 1 amide bonds. The highest BCUT2D eigenvalue weighted by Crippen LogP contribution is 2.29. The molecular weight excluding hydrogens is 452 g/mol. The molecule has 0 spiro atoms. The van der Waals surface area contributed by atoms with Gasteiger partial charge in [0.1, 0.15) is 0 Å². The Labute approximate surface area is 172 Å². The van der Waals surface area contributed by atoms with Crippen LogP contribution in [0.2, 0.25) is 5.02 Å². The summed E-state index contributed by atoms with van der Waals surface area (Å²) < 4.78 is 28.1. The number of rotatable bonds is 4. The Morgan fingerprint density at radius 3 is 2.37 bits per heavy atom. The number of para-hydroxylation sites is 1. The quantitative estimate of drug-likeness (QED) is 0.688. The number of hydrogen-bond donors (Lipinski definition) is 1. The zero-order chi connectivity index (χ0) is 19.4. The lowest BCUT2D eigenvalue weighted by Crippen LogP contribution is -2.32. The van der Waals surface area contributed by atoms with Gasteiger partial charge in [0, 0.05) is 23.1 Å². The number of hydrogen-bond acceptors (Lipinski definition) is 3. The zero-order valence-corrected chi connectivity index (χ0v) is 17.8. The van der Waals surface area contributed by atoms with Gasteiger partial charge in [0.05, 0.1) is 15.6 Å². The number of halogens is 2. The van der Waals surface area contributed by atoms with Gasteiger partial charge in [0.25, 0.3) is 5.91 Å². The van der Waals surface area contributed by atoms with Gasteiger partial charge in [-0.25, -0.2) is 8.42 Å². The third kappa shape index (κ3) is 4.71. The minimum absolute atomic E-state index is 0.108. The number of benzene rings is 2. The van der Waals surface area contributed by atoms with E-state index in [0.29, 0.717) is 28.3 Å². The van der Waals surface area contributed by atoms with Crippen LogP contribution in [0.3, 0.4) is 0 Å². The highest BCUT2D eigenvalue weighted by atomic mass is 79.9. The van der Waals surface area contributed by atoms with E-state index >= 15 is 0 Å². The molecule has 1 fully saturated rings. The molecule has 0 atom stereocenters. The van der Waals surface area contributed by atoms with Crippen LogP contribution in [-0.4, -0.2) is 31.7 Å². The first kappa shape index (κ1) is 20.3. The zero-order valence-electron chi connectivity index (χ0n) is 14.6. The number of nitrogens with one attached hydrogen (secondary N) is 1. The van der Waals surface area contributed by atoms with E-state index < -0.39 is 15.9 Å². The summed E-state index contributed by atoms with van der Waals surface area (Å²) in [5.74, 6) is -0.414. The molecule has 0 unspecified atom stereocenters. The molecule has 144 valence electrons. The molecule has 1 heterocycles. The van der Waals surface area contributed by atoms with E-state index in [2.05, 4.69) is 21.2 Å². The van der Waals surface area contributed by atoms with E-state index in [9.17, 15) is 13.2 Å². The predicted molar refractivity (Wildman–Crippen MR) is 111 cm³/mol. The van der Waals surface area contributed by atoms with Crippen LogP contribution in [0.25, 0.3) is 0 Å². The first-order valence-electron chi connectivity index (χ1n) is 8.75. The van der Waals surface area contributed by atoms with Gasteiger partial charge in [-0.15, -0.1) is 0 Å². The Bertz CT molecular complexity index is 942. The second-order valence-corrected chi connectivity index (χ2v) is 9.57. The predicted octanol–water partition coefficient (Wildman–Crippen LogP) is 4.92. The molecule has 0 aromatic heterocycles. The van der Waals surface area contributed by atoms with Gasteiger partial charge in [-0.1, -0.05) is 36.6 Å². The smallest absolute Gasteiger partial charge is 0.255 e. The van der Waals surface area contributed by atoms with Crippen LogP contribution >= 0.6 is 27.5 Å². The maximum atomic E-state index is 13.1. The highest BCUT2D eigenvalue weighted by Gasteiger charge is 2.28. The lowest BCUT2D eigenvalue weighted by Gasteiger charge is -2.21. The van der Waals surface area contributed by atoms with Crippen molar-refractivity contribution < 1.29 is 13.2 Å². The largest absolute Gasteiger partial charge is 0.321 e. The Hall–Kier alpha value is -1.41. The van der Waals surface area contributed by atoms with Crippen LogP contribution < -0.4 is 5.32 Å². The van der Waals surface area contributed by atoms with Crippen LogP contribution in [0.1, 0.15) is 36.0 Å². The van der Waals surface area contributed by atoms with Crippen molar-refractivity contribution in [2.24, 2.45) is 0 Å². The standard InChI is InChI=1S/C19H20BrClN2O3S/c20-15-10-9-14(19(24)22-17-8-4-3-7-16(17)21)13-18(15)27(25,26)23-11-5-1-2-6-12-23/h3-4,7-10,13H,1-2,5-6,11-12H2,(H,22,24). The lowest BCUT2D eigenvalue weighted by molar-refractivity contribution is 0.102. The molecule has 2 aromatic rings. The van der Waals surface area contributed by atoms with Crippen molar-refractivity contribution in [1.29, 1.82) is 0 Å². The van der Waals surface area contributed by atoms with Crippen LogP contribution in [0, 0.1) is 0 Å². The molecule has 1 saturated heterocycles. The van der Waals surface area contributed by atoms with Crippen LogP contribution in [0.15, 0.2) is 51.8 Å². The summed E-state index contributed by atoms with van der Waals surface area (Å²) >= 11 is 9.40. The average molecular weight is 472 g/mol. The van der Waals surface area contributed by atoms with Crippen LogP contribution in [-0.2, 0) is 10.0 Å². The summed E-state index contributed by atoms with van der Waals surface area (Å²) in [6, 6.07) is 11.5. The molecule has 0 saturated carbocycles. The molecule has 0 aliphatic carbocycles. The summed E-state index contributed by atoms with van der Waals surface area (Å²) in [6.45, 7) is 1.01. The first-order chi connectivity index (χ1) is 12.9. The summed E-state index contributed by atoms with van der Waals surface area (Å²) in [5, 5.41) is 3.14. The van der Waals surface area contributed by atoms with Crippen molar-refractivity contribution in [2.45, 2.75) is 30.6 Å². The molecule has 1 aliphatic heterocycles. The van der Waals surface area contributed by atoms with Gasteiger partial charge < -0.3 is 5.32 Å². The Morgan fingerprint density at radius 1 is 1.04 bits per heavy atom. The maximum absolute atomic E-state index is 13.1. The molecule has 5 nitrogen and oxygen atoms in total. The normalized spacial score (nSPS) is 15.9. The number of anilines is 1. The number of nitrogens with zero attached hydrogens (tertiary/aromatic N) is 1. The van der Waals surface area contributed by atoms with Crippen LogP contribution in [0.4, 0.5) is 5.69 Å². The van der Waals surface area contributed by atoms with E-state index in [4.69, 9.17) is 11.6 Å². The Kier molecular flexibility index (Phi) is 6.57. The minimum Gasteiger partial charge on any atom is -0.321 e. The van der Waals surface area contributed by atoms with Crippen molar-refractivity contribution in [2.75, 3.05) is 18.4 Å². The Morgan fingerprint density at radius 2 is 1.70 bits per heavy atom. The second kappa shape index (κ2) is 8.73. The fraction of sp³-hybridized carbons (Fsp3) is 0.316. The van der Waals surface area contributed by atoms with Gasteiger partial charge in [0.15, 0.2) is 0 Å². The van der Waals surface area contributed by atoms with Gasteiger partial charge in [-0.3, -0.25) is 4.79 Å². The molecule has 8 heteroatoms. The summed E-state index contributed by atoms with van der Waals surface area (Å²) in [4.78, 5) is 12.7. The maximum Gasteiger partial charge on any atom is 0.255 e. The topological polar surface area (TPSA) is 66.5 Å². The molecule has 0 bridgehead atoms. The summed E-state index contributed by atoms with van der Waals surface area (Å²) in [7, 11) is -3.67. The molecule has 3 rings (SSSR count). The fourth-order valence-corrected chi connectivity index (χ4v) is 5.67. The first-order valence-corrected chi connectivity index (χ1v) is 11.4. The highest BCUT2D eigenvalue weighted by molar-refractivity contribution is 9.10. The van der Waals surface area contributed by atoms with E-state index in [1.165, 1.54) is 10.4 Å². The lowest BCUT2D eigenvalue weighted by atomic mass is 10.2. The van der Waals surface area contributed by atoms with Crippen molar-refractivity contribution in [3.8, 4) is 0 Å². The third-order valence-corrected chi connectivity index (χ3v) is 7.72. The van der Waals surface area contributed by atoms with E-state index in [-0.39, 0.29) is 10.5 Å². The minimum atomic E-state index is -3.67. The molecular formula is C19H20BrClN2O3S. The number of carbonyl (C=O) groups is 1. The Balaban J connectivity index is 1.89. The van der Waals surface area contributed by atoms with E-state index in [0.717, 1.165) is 25.7 Å². The molecule has 27 heavy (non-hydrogen) atoms. The fourth-order valence-electron chi connectivity index (χ4n) is 3.02. The number of amides is 1. The monoisotopic (exact) mass is 470 g/mol. The number of carbonyl (C=O) groups excluding carboxylic acids is 1. The average Bonchev–Trinajstić information content (AvgIpc) is 2.94. The van der Waals surface area contributed by atoms with Crippen molar-refractivity contribution in [3.05, 3.63) is 57.5 Å². The van der Waals surface area contributed by atoms with E-state index in [1.54, 1.807) is 36.4 Å². The van der Waals surface area contributed by atoms with Crippen molar-refractivity contribution in [3.63, 3.8) is 0 Å². The van der Waals surface area contributed by atoms with Crippen molar-refractivity contribution in [1.82, 2.24) is 4.31 Å². The van der Waals surface area contributed by atoms with Gasteiger partial charge in [-0.05, 0) is 59.1 Å². The summed E-state index contributed by atoms with van der Waals surface area (Å²) in [5.41, 5.74) is 0.732. The molecule has 1 aliphatic rings. The second-order valence-electron chi connectivity index (χ2n) is 6.40. The SMILES string of the molecule is O=C(Nc1ccccc1Cl)c1ccc(Br)c(S(=O)(=O)N2CCCCCC2)c1. The van der Waals surface area contributed by atoms with Gasteiger partial charge >= 0.3 is 0 Å². The van der Waals surface area contributed by atoms with Crippen molar-refractivity contribution >= 4 is 49.1 Å². The van der Waals surface area contributed by atoms with Crippen LogP contribution in [0.5, 0.6) is 0 Å².